The molecule has 104 valence electrons. The molecule has 0 spiro atoms. The van der Waals surface area contributed by atoms with Gasteiger partial charge < -0.3 is 15.5 Å². The zero-order valence-electron chi connectivity index (χ0n) is 11.3. The van der Waals surface area contributed by atoms with E-state index in [1.807, 2.05) is 19.1 Å². The van der Waals surface area contributed by atoms with Crippen LogP contribution in [0.15, 0.2) is 36.5 Å². The number of nitrogens with two attached hydrogens (primary N) is 1. The number of nitrogens with zero attached hydrogens (tertiary/aromatic N) is 1. The van der Waals surface area contributed by atoms with Crippen molar-refractivity contribution in [1.82, 2.24) is 4.98 Å². The first-order valence-electron chi connectivity index (χ1n) is 6.03. The van der Waals surface area contributed by atoms with E-state index in [1.165, 1.54) is 6.20 Å². The minimum atomic E-state index is -0.310. The summed E-state index contributed by atoms with van der Waals surface area (Å²) in [6.45, 7) is 1.82. The Balaban J connectivity index is 2.28. The van der Waals surface area contributed by atoms with Crippen molar-refractivity contribution in [2.45, 2.75) is 6.92 Å². The molecule has 2 rings (SSSR count). The third kappa shape index (κ3) is 2.86. The topological polar surface area (TPSA) is 89.3 Å². The number of pyridine rings is 1. The van der Waals surface area contributed by atoms with Gasteiger partial charge in [0.1, 0.15) is 5.75 Å². The lowest BCUT2D eigenvalue weighted by atomic mass is 10.2. The van der Waals surface area contributed by atoms with Crippen LogP contribution in [-0.2, 0) is 0 Å². The van der Waals surface area contributed by atoms with Gasteiger partial charge >= 0.3 is 0 Å². The summed E-state index contributed by atoms with van der Waals surface area (Å²) in [5.41, 5.74) is 4.74. The number of nitrogen functional groups attached to an aromatic ring is 1. The Hall–Kier alpha value is -2.60. The van der Waals surface area contributed by atoms with Crippen molar-refractivity contribution in [2.75, 3.05) is 17.9 Å². The number of para-hydroxylation sites is 2. The first-order valence-corrected chi connectivity index (χ1v) is 6.03. The molecule has 20 heavy (non-hydrogen) atoms. The van der Waals surface area contributed by atoms with E-state index in [2.05, 4.69) is 15.7 Å². The highest BCUT2D eigenvalue weighted by Gasteiger charge is 2.13. The zero-order valence-corrected chi connectivity index (χ0v) is 11.3. The summed E-state index contributed by atoms with van der Waals surface area (Å²) >= 11 is 0. The highest BCUT2D eigenvalue weighted by Crippen LogP contribution is 2.24. The van der Waals surface area contributed by atoms with Crippen LogP contribution >= 0.6 is 0 Å². The van der Waals surface area contributed by atoms with E-state index in [4.69, 9.17) is 10.6 Å². The van der Waals surface area contributed by atoms with Gasteiger partial charge in [0.2, 0.25) is 0 Å². The summed E-state index contributed by atoms with van der Waals surface area (Å²) in [5.74, 6) is 5.70. The fourth-order valence-electron chi connectivity index (χ4n) is 1.80. The molecule has 1 amide bonds. The molecule has 1 heterocycles. The van der Waals surface area contributed by atoms with Gasteiger partial charge in [-0.05, 0) is 25.1 Å². The van der Waals surface area contributed by atoms with Gasteiger partial charge in [0.05, 0.1) is 24.0 Å². The van der Waals surface area contributed by atoms with Crippen molar-refractivity contribution in [3.8, 4) is 5.75 Å². The molecule has 0 bridgehead atoms. The van der Waals surface area contributed by atoms with Crippen molar-refractivity contribution in [3.63, 3.8) is 0 Å². The highest BCUT2D eigenvalue weighted by molar-refractivity contribution is 6.08. The molecule has 0 aliphatic heterocycles. The second-order valence-electron chi connectivity index (χ2n) is 4.17. The average molecular weight is 272 g/mol. The lowest BCUT2D eigenvalue weighted by Crippen LogP contribution is -2.18. The van der Waals surface area contributed by atoms with E-state index in [0.29, 0.717) is 22.7 Å². The molecule has 6 heteroatoms. The molecule has 1 aromatic heterocycles. The number of amides is 1. The highest BCUT2D eigenvalue weighted by atomic mass is 16.5. The maximum Gasteiger partial charge on any atom is 0.259 e. The summed E-state index contributed by atoms with van der Waals surface area (Å²) in [5, 5.41) is 2.77. The molecule has 0 aliphatic rings. The number of hydrazine groups is 1. The maximum atomic E-state index is 12.3. The standard InChI is InChI=1S/C14H16N4O2/c1-9-7-12(18-15)10(8-16-9)14(19)17-11-5-3-4-6-13(11)20-2/h3-8H,15H2,1-2H3,(H,16,18)(H,17,19). The summed E-state index contributed by atoms with van der Waals surface area (Å²) in [6.07, 6.45) is 1.48. The Bertz CT molecular complexity index is 628. The molecule has 0 fully saturated rings. The molecule has 1 aromatic carbocycles. The number of hydrogen-bond acceptors (Lipinski definition) is 5. The second-order valence-corrected chi connectivity index (χ2v) is 4.17. The molecule has 2 aromatic rings. The molecule has 0 saturated heterocycles. The van der Waals surface area contributed by atoms with Gasteiger partial charge in [0, 0.05) is 11.9 Å². The van der Waals surface area contributed by atoms with Crippen LogP contribution in [0, 0.1) is 6.92 Å². The van der Waals surface area contributed by atoms with Crippen LogP contribution in [0.1, 0.15) is 16.1 Å². The van der Waals surface area contributed by atoms with Gasteiger partial charge in [-0.1, -0.05) is 12.1 Å². The van der Waals surface area contributed by atoms with Crippen molar-refractivity contribution >= 4 is 17.3 Å². The number of aromatic nitrogens is 1. The zero-order chi connectivity index (χ0) is 14.5. The van der Waals surface area contributed by atoms with Crippen molar-refractivity contribution in [3.05, 3.63) is 47.8 Å². The Morgan fingerprint density at radius 1 is 1.30 bits per heavy atom. The summed E-state index contributed by atoms with van der Waals surface area (Å²) in [4.78, 5) is 16.4. The van der Waals surface area contributed by atoms with Gasteiger partial charge in [-0.3, -0.25) is 15.6 Å². The largest absolute Gasteiger partial charge is 0.495 e. The number of benzene rings is 1. The number of carbonyl (C=O) groups excluding carboxylic acids is 1. The third-order valence-electron chi connectivity index (χ3n) is 2.80. The minimum absolute atomic E-state index is 0.310. The van der Waals surface area contributed by atoms with E-state index >= 15 is 0 Å². The molecular formula is C14H16N4O2. The molecule has 6 nitrogen and oxygen atoms in total. The number of methoxy groups -OCH3 is 1. The number of ether oxygens (including phenoxy) is 1. The predicted octanol–water partition coefficient (Wildman–Crippen LogP) is 1.94. The van der Waals surface area contributed by atoms with Crippen LogP contribution in [-0.4, -0.2) is 18.0 Å². The summed E-state index contributed by atoms with van der Waals surface area (Å²) in [6, 6.07) is 8.87. The van der Waals surface area contributed by atoms with E-state index in [0.717, 1.165) is 5.69 Å². The fourth-order valence-corrected chi connectivity index (χ4v) is 1.80. The molecule has 4 N–H and O–H groups in total. The fraction of sp³-hybridized carbons (Fsp3) is 0.143. The molecule has 0 unspecified atom stereocenters. The van der Waals surface area contributed by atoms with Crippen molar-refractivity contribution in [2.24, 2.45) is 5.84 Å². The Labute approximate surface area is 116 Å². The number of anilines is 2. The normalized spacial score (nSPS) is 9.95. The quantitative estimate of drug-likeness (QED) is 0.584. The lowest BCUT2D eigenvalue weighted by Gasteiger charge is -2.12. The van der Waals surface area contributed by atoms with Crippen LogP contribution in [0.4, 0.5) is 11.4 Å². The number of carbonyl (C=O) groups is 1. The summed E-state index contributed by atoms with van der Waals surface area (Å²) in [7, 11) is 1.55. The van der Waals surface area contributed by atoms with Gasteiger partial charge in [-0.2, -0.15) is 0 Å². The van der Waals surface area contributed by atoms with Crippen molar-refractivity contribution in [1.29, 1.82) is 0 Å². The summed E-state index contributed by atoms with van der Waals surface area (Å²) < 4.78 is 5.19. The van der Waals surface area contributed by atoms with E-state index in [9.17, 15) is 4.79 Å². The van der Waals surface area contributed by atoms with Crippen LogP contribution in [0.3, 0.4) is 0 Å². The number of aryl methyl sites for hydroxylation is 1. The van der Waals surface area contributed by atoms with Crippen LogP contribution < -0.4 is 21.3 Å². The van der Waals surface area contributed by atoms with Gasteiger partial charge in [0.25, 0.3) is 5.91 Å². The Morgan fingerprint density at radius 2 is 2.05 bits per heavy atom. The number of hydrogen-bond donors (Lipinski definition) is 3. The maximum absolute atomic E-state index is 12.3. The van der Waals surface area contributed by atoms with E-state index in [1.54, 1.807) is 25.3 Å². The smallest absolute Gasteiger partial charge is 0.259 e. The average Bonchev–Trinajstić information content (AvgIpc) is 2.47. The number of rotatable bonds is 4. The molecule has 0 saturated carbocycles. The SMILES string of the molecule is COc1ccccc1NC(=O)c1cnc(C)cc1NN. The first-order chi connectivity index (χ1) is 9.65. The number of nitrogens with one attached hydrogen (secondary N) is 2. The lowest BCUT2D eigenvalue weighted by molar-refractivity contribution is 0.102. The first kappa shape index (κ1) is 13.8. The molecule has 0 aliphatic carbocycles. The van der Waals surface area contributed by atoms with Crippen LogP contribution in [0.2, 0.25) is 0 Å². The van der Waals surface area contributed by atoms with Crippen LogP contribution in [0.5, 0.6) is 5.75 Å². The Kier molecular flexibility index (Phi) is 4.17. The molecular weight excluding hydrogens is 256 g/mol. The monoisotopic (exact) mass is 272 g/mol. The molecule has 0 atom stereocenters. The van der Waals surface area contributed by atoms with Crippen molar-refractivity contribution < 1.29 is 9.53 Å². The van der Waals surface area contributed by atoms with Crippen LogP contribution in [0.25, 0.3) is 0 Å². The van der Waals surface area contributed by atoms with Gasteiger partial charge in [-0.25, -0.2) is 0 Å². The van der Waals surface area contributed by atoms with E-state index in [-0.39, 0.29) is 5.91 Å². The van der Waals surface area contributed by atoms with E-state index < -0.39 is 0 Å². The predicted molar refractivity (Wildman–Crippen MR) is 77.7 cm³/mol. The second kappa shape index (κ2) is 6.03. The third-order valence-corrected chi connectivity index (χ3v) is 2.80. The minimum Gasteiger partial charge on any atom is -0.495 e. The van der Waals surface area contributed by atoms with Gasteiger partial charge in [0.15, 0.2) is 0 Å². The Morgan fingerprint density at radius 3 is 2.75 bits per heavy atom. The van der Waals surface area contributed by atoms with Gasteiger partial charge in [-0.15, -0.1) is 0 Å². The molecule has 0 radical (unpaired) electrons.